The molecule has 0 bridgehead atoms. The van der Waals surface area contributed by atoms with E-state index in [9.17, 15) is 10.1 Å². The molecule has 1 atom stereocenters. The maximum Gasteiger partial charge on any atom is 0.315 e. The van der Waals surface area contributed by atoms with Gasteiger partial charge in [0.2, 0.25) is 10.5 Å². The summed E-state index contributed by atoms with van der Waals surface area (Å²) in [5.41, 5.74) is 0.295. The molecule has 1 fully saturated rings. The summed E-state index contributed by atoms with van der Waals surface area (Å²) in [7, 11) is 1.45. The molecule has 1 aromatic carbocycles. The van der Waals surface area contributed by atoms with Crippen LogP contribution in [-0.2, 0) is 4.74 Å². The molecule has 1 aliphatic heterocycles. The number of nitro groups is 1. The fourth-order valence-corrected chi connectivity index (χ4v) is 3.36. The van der Waals surface area contributed by atoms with E-state index in [1.54, 1.807) is 6.07 Å². The second-order valence-electron chi connectivity index (χ2n) is 6.83. The van der Waals surface area contributed by atoms with E-state index in [0.29, 0.717) is 29.4 Å². The zero-order valence-electron chi connectivity index (χ0n) is 17.0. The van der Waals surface area contributed by atoms with Gasteiger partial charge in [-0.05, 0) is 37.5 Å². The molecule has 1 saturated heterocycles. The first-order valence-electron chi connectivity index (χ1n) is 9.87. The van der Waals surface area contributed by atoms with E-state index in [-0.39, 0.29) is 23.3 Å². The third-order valence-electron chi connectivity index (χ3n) is 4.68. The number of nitrogens with one attached hydrogen (secondary N) is 1. The fourth-order valence-electron chi connectivity index (χ4n) is 3.17. The second kappa shape index (κ2) is 10.3. The molecule has 30 heavy (non-hydrogen) atoms. The normalized spacial score (nSPS) is 16.3. The highest BCUT2D eigenvalue weighted by molar-refractivity contribution is 7.71. The Kier molecular flexibility index (Phi) is 7.52. The van der Waals surface area contributed by atoms with Crippen LogP contribution in [0.1, 0.15) is 56.5 Å². The number of H-pyrrole nitrogens is 1. The number of nitro benzene ring substituents is 1. The van der Waals surface area contributed by atoms with Crippen LogP contribution in [0.2, 0.25) is 0 Å². The van der Waals surface area contributed by atoms with E-state index in [4.69, 9.17) is 26.4 Å². The third-order valence-corrected chi connectivity index (χ3v) is 4.95. The van der Waals surface area contributed by atoms with E-state index in [2.05, 4.69) is 22.2 Å². The summed E-state index contributed by atoms with van der Waals surface area (Å²) in [6, 6.07) is 3.04. The summed E-state index contributed by atoms with van der Waals surface area (Å²) < 4.78 is 18.5. The van der Waals surface area contributed by atoms with Crippen molar-refractivity contribution in [1.29, 1.82) is 0 Å². The van der Waals surface area contributed by atoms with Crippen molar-refractivity contribution in [3.63, 3.8) is 0 Å². The third kappa shape index (κ3) is 5.03. The molecule has 3 rings (SSSR count). The Bertz CT molecular complexity index is 965. The lowest BCUT2D eigenvalue weighted by atomic mass is 10.2. The lowest BCUT2D eigenvalue weighted by molar-refractivity contribution is -0.386. The second-order valence-corrected chi connectivity index (χ2v) is 7.22. The van der Waals surface area contributed by atoms with Gasteiger partial charge in [0.05, 0.1) is 24.9 Å². The van der Waals surface area contributed by atoms with Crippen LogP contribution in [0, 0.1) is 14.9 Å². The van der Waals surface area contributed by atoms with Gasteiger partial charge in [0.15, 0.2) is 11.6 Å². The number of hydrogen-bond acceptors (Lipinski definition) is 8. The number of nitrogens with zero attached hydrogens (tertiary/aromatic N) is 4. The predicted molar refractivity (Wildman–Crippen MR) is 113 cm³/mol. The number of benzene rings is 1. The summed E-state index contributed by atoms with van der Waals surface area (Å²) in [5.74, 6) is 0.971. The molecule has 2 aromatic rings. The lowest BCUT2D eigenvalue weighted by Gasteiger charge is -2.12. The van der Waals surface area contributed by atoms with Crippen LogP contribution in [0.25, 0.3) is 0 Å². The number of hydrogen-bond donors (Lipinski definition) is 1. The smallest absolute Gasteiger partial charge is 0.315 e. The molecule has 0 spiro atoms. The van der Waals surface area contributed by atoms with Gasteiger partial charge in [0.25, 0.3) is 0 Å². The topological polar surface area (TPSA) is 117 Å². The van der Waals surface area contributed by atoms with Gasteiger partial charge in [0, 0.05) is 18.2 Å². The molecule has 2 heterocycles. The summed E-state index contributed by atoms with van der Waals surface area (Å²) in [4.78, 5) is 11.1. The zero-order chi connectivity index (χ0) is 21.5. The van der Waals surface area contributed by atoms with Crippen molar-refractivity contribution in [3.8, 4) is 11.5 Å². The number of aromatic amines is 1. The molecule has 1 unspecified atom stereocenters. The molecular formula is C19H25N5O5S. The van der Waals surface area contributed by atoms with Crippen molar-refractivity contribution in [2.75, 3.05) is 20.3 Å². The number of unbranched alkanes of at least 4 members (excludes halogenated alkanes) is 2. The first-order valence-corrected chi connectivity index (χ1v) is 10.3. The minimum absolute atomic E-state index is 0.121. The molecule has 0 radical (unpaired) electrons. The minimum Gasteiger partial charge on any atom is -0.493 e. The van der Waals surface area contributed by atoms with Crippen LogP contribution in [0.15, 0.2) is 17.2 Å². The first kappa shape index (κ1) is 21.9. The van der Waals surface area contributed by atoms with Gasteiger partial charge in [-0.2, -0.15) is 14.9 Å². The van der Waals surface area contributed by atoms with Crippen LogP contribution >= 0.6 is 12.2 Å². The zero-order valence-corrected chi connectivity index (χ0v) is 17.8. The van der Waals surface area contributed by atoms with E-state index in [0.717, 1.165) is 32.1 Å². The monoisotopic (exact) mass is 435 g/mol. The van der Waals surface area contributed by atoms with Crippen LogP contribution < -0.4 is 9.47 Å². The van der Waals surface area contributed by atoms with Crippen molar-refractivity contribution in [1.82, 2.24) is 14.9 Å². The van der Waals surface area contributed by atoms with E-state index >= 15 is 0 Å². The largest absolute Gasteiger partial charge is 0.493 e. The van der Waals surface area contributed by atoms with Gasteiger partial charge >= 0.3 is 5.69 Å². The van der Waals surface area contributed by atoms with Crippen LogP contribution in [0.3, 0.4) is 0 Å². The van der Waals surface area contributed by atoms with E-state index in [1.165, 1.54) is 24.1 Å². The first-order chi connectivity index (χ1) is 14.5. The van der Waals surface area contributed by atoms with Gasteiger partial charge in [-0.1, -0.05) is 19.8 Å². The number of aromatic nitrogens is 3. The summed E-state index contributed by atoms with van der Waals surface area (Å²) >= 11 is 5.25. The SMILES string of the molecule is CCCCCOc1c(OC)cc(/C=N\n2c(C3CCCO3)n[nH]c2=S)cc1[N+](=O)[O-]. The number of rotatable bonds is 10. The van der Waals surface area contributed by atoms with E-state index < -0.39 is 4.92 Å². The Labute approximate surface area is 179 Å². The van der Waals surface area contributed by atoms with Gasteiger partial charge in [-0.3, -0.25) is 15.2 Å². The predicted octanol–water partition coefficient (Wildman–Crippen LogP) is 4.16. The molecule has 0 amide bonds. The van der Waals surface area contributed by atoms with Crippen molar-refractivity contribution in [2.24, 2.45) is 5.10 Å². The maximum absolute atomic E-state index is 11.6. The summed E-state index contributed by atoms with van der Waals surface area (Å²) in [5, 5.41) is 22.9. The quantitative estimate of drug-likeness (QED) is 0.196. The average molecular weight is 436 g/mol. The number of ether oxygens (including phenoxy) is 3. The Morgan fingerprint density at radius 2 is 2.33 bits per heavy atom. The van der Waals surface area contributed by atoms with Crippen molar-refractivity contribution < 1.29 is 19.1 Å². The standard InChI is InChI=1S/C19H25N5O5S/c1-3-4-5-8-29-17-14(24(25)26)10-13(11-16(17)27-2)12-20-23-18(21-22-19(23)30)15-7-6-9-28-15/h10-12,15H,3-9H2,1-2H3,(H,22,30)/b20-12-. The maximum atomic E-state index is 11.6. The molecular weight excluding hydrogens is 410 g/mol. The lowest BCUT2D eigenvalue weighted by Crippen LogP contribution is -2.06. The molecule has 11 heteroatoms. The molecule has 0 aliphatic carbocycles. The molecule has 1 aromatic heterocycles. The van der Waals surface area contributed by atoms with Gasteiger partial charge in [0.1, 0.15) is 6.10 Å². The van der Waals surface area contributed by atoms with Crippen LogP contribution in [-0.4, -0.2) is 46.3 Å². The van der Waals surface area contributed by atoms with Crippen LogP contribution in [0.5, 0.6) is 11.5 Å². The molecule has 1 N–H and O–H groups in total. The molecule has 10 nitrogen and oxygen atoms in total. The highest BCUT2D eigenvalue weighted by atomic mass is 32.1. The molecule has 0 saturated carbocycles. The highest BCUT2D eigenvalue weighted by Crippen LogP contribution is 2.38. The van der Waals surface area contributed by atoms with Crippen molar-refractivity contribution in [3.05, 3.63) is 38.4 Å². The Morgan fingerprint density at radius 3 is 3.00 bits per heavy atom. The van der Waals surface area contributed by atoms with Gasteiger partial charge in [-0.15, -0.1) is 0 Å². The Morgan fingerprint density at radius 1 is 1.50 bits per heavy atom. The van der Waals surface area contributed by atoms with Crippen molar-refractivity contribution >= 4 is 24.1 Å². The summed E-state index contributed by atoms with van der Waals surface area (Å²) in [6.45, 7) is 3.12. The fraction of sp³-hybridized carbons (Fsp3) is 0.526. The van der Waals surface area contributed by atoms with E-state index in [1.807, 2.05) is 0 Å². The highest BCUT2D eigenvalue weighted by Gasteiger charge is 2.24. The van der Waals surface area contributed by atoms with Crippen molar-refractivity contribution in [2.45, 2.75) is 45.1 Å². The van der Waals surface area contributed by atoms with Gasteiger partial charge < -0.3 is 14.2 Å². The number of methoxy groups -OCH3 is 1. The average Bonchev–Trinajstić information content (AvgIpc) is 3.39. The Hall–Kier alpha value is -2.79. The van der Waals surface area contributed by atoms with Gasteiger partial charge in [-0.25, -0.2) is 0 Å². The van der Waals surface area contributed by atoms with Crippen LogP contribution in [0.4, 0.5) is 5.69 Å². The molecule has 162 valence electrons. The minimum atomic E-state index is -0.490. The Balaban J connectivity index is 1.90. The molecule has 1 aliphatic rings. The summed E-state index contributed by atoms with van der Waals surface area (Å²) in [6.07, 6.45) is 5.89.